The molecule has 0 amide bonds. The Hall–Kier alpha value is -1.28. The number of aromatic nitrogens is 1. The van der Waals surface area contributed by atoms with Gasteiger partial charge in [0.25, 0.3) is 0 Å². The number of benzene rings is 1. The first-order valence-electron chi connectivity index (χ1n) is 6.06. The maximum absolute atomic E-state index is 6.17. The van der Waals surface area contributed by atoms with Crippen LogP contribution in [0.1, 0.15) is 26.7 Å². The van der Waals surface area contributed by atoms with Crippen molar-refractivity contribution < 1.29 is 0 Å². The number of hydrogen-bond donors (Lipinski definition) is 1. The summed E-state index contributed by atoms with van der Waals surface area (Å²) in [5.41, 5.74) is 2.02. The van der Waals surface area contributed by atoms with Crippen molar-refractivity contribution in [3.8, 4) is 0 Å². The van der Waals surface area contributed by atoms with Gasteiger partial charge in [-0.15, -0.1) is 0 Å². The molecular weight excluding hydrogens is 232 g/mol. The van der Waals surface area contributed by atoms with Crippen LogP contribution in [-0.4, -0.2) is 11.0 Å². The van der Waals surface area contributed by atoms with Crippen LogP contribution < -0.4 is 5.32 Å². The fourth-order valence-corrected chi connectivity index (χ4v) is 2.18. The lowest BCUT2D eigenvalue weighted by Gasteiger charge is -2.17. The minimum absolute atomic E-state index is 0.487. The molecule has 90 valence electrons. The quantitative estimate of drug-likeness (QED) is 0.862. The highest BCUT2D eigenvalue weighted by Crippen LogP contribution is 2.28. The van der Waals surface area contributed by atoms with Gasteiger partial charge in [-0.05, 0) is 37.1 Å². The number of halogens is 1. The minimum atomic E-state index is 0.487. The third kappa shape index (κ3) is 2.52. The van der Waals surface area contributed by atoms with Crippen LogP contribution in [-0.2, 0) is 0 Å². The molecule has 0 bridgehead atoms. The lowest BCUT2D eigenvalue weighted by atomic mass is 10.1. The predicted octanol–water partition coefficient (Wildman–Crippen LogP) is 4.49. The zero-order valence-electron chi connectivity index (χ0n) is 10.2. The van der Waals surface area contributed by atoms with E-state index in [0.717, 1.165) is 34.5 Å². The number of nitrogens with zero attached hydrogens (tertiary/aromatic N) is 1. The van der Waals surface area contributed by atoms with Crippen LogP contribution in [0.15, 0.2) is 30.5 Å². The highest BCUT2D eigenvalue weighted by atomic mass is 35.5. The number of nitrogens with one attached hydrogen (secondary N) is 1. The van der Waals surface area contributed by atoms with Crippen molar-refractivity contribution >= 4 is 28.2 Å². The smallest absolute Gasteiger partial charge is 0.0948 e. The molecule has 0 fully saturated rings. The average Bonchev–Trinajstić information content (AvgIpc) is 2.38. The first-order valence-corrected chi connectivity index (χ1v) is 6.43. The van der Waals surface area contributed by atoms with E-state index >= 15 is 0 Å². The monoisotopic (exact) mass is 248 g/mol. The Bertz CT molecular complexity index is 507. The molecule has 1 aromatic carbocycles. The molecule has 2 nitrogen and oxygen atoms in total. The zero-order chi connectivity index (χ0) is 12.3. The van der Waals surface area contributed by atoms with Gasteiger partial charge in [0.2, 0.25) is 0 Å². The van der Waals surface area contributed by atoms with Crippen LogP contribution in [0.4, 0.5) is 5.69 Å². The maximum Gasteiger partial charge on any atom is 0.0948 e. The second kappa shape index (κ2) is 5.37. The summed E-state index contributed by atoms with van der Waals surface area (Å²) < 4.78 is 0. The van der Waals surface area contributed by atoms with E-state index in [1.54, 1.807) is 6.20 Å². The van der Waals surface area contributed by atoms with Gasteiger partial charge in [-0.2, -0.15) is 0 Å². The molecule has 1 heterocycles. The van der Waals surface area contributed by atoms with Crippen molar-refractivity contribution in [3.05, 3.63) is 35.5 Å². The molecule has 1 N–H and O–H groups in total. The molecule has 0 spiro atoms. The second-order valence-corrected chi connectivity index (χ2v) is 4.56. The molecule has 17 heavy (non-hydrogen) atoms. The molecule has 0 unspecified atom stereocenters. The summed E-state index contributed by atoms with van der Waals surface area (Å²) in [6, 6.07) is 8.34. The molecular formula is C14H17ClN2. The molecule has 1 aromatic heterocycles. The van der Waals surface area contributed by atoms with E-state index in [1.807, 2.05) is 24.3 Å². The molecule has 0 radical (unpaired) electrons. The summed E-state index contributed by atoms with van der Waals surface area (Å²) in [7, 11) is 0. The normalized spacial score (nSPS) is 11.1. The highest BCUT2D eigenvalue weighted by Gasteiger charge is 2.08. The van der Waals surface area contributed by atoms with Crippen LogP contribution in [0.25, 0.3) is 10.9 Å². The van der Waals surface area contributed by atoms with Gasteiger partial charge in [0.05, 0.1) is 16.2 Å². The van der Waals surface area contributed by atoms with Gasteiger partial charge in [-0.25, -0.2) is 0 Å². The first kappa shape index (κ1) is 12.2. The van der Waals surface area contributed by atoms with E-state index in [2.05, 4.69) is 24.1 Å². The summed E-state index contributed by atoms with van der Waals surface area (Å²) in [5.74, 6) is 0. The molecule has 0 aliphatic rings. The first-order chi connectivity index (χ1) is 8.26. The average molecular weight is 249 g/mol. The fourth-order valence-electron chi connectivity index (χ4n) is 1.97. The third-order valence-corrected chi connectivity index (χ3v) is 3.39. The number of hydrogen-bond acceptors (Lipinski definition) is 2. The zero-order valence-corrected chi connectivity index (χ0v) is 11.0. The van der Waals surface area contributed by atoms with E-state index in [1.165, 1.54) is 0 Å². The van der Waals surface area contributed by atoms with Gasteiger partial charge in [0.1, 0.15) is 0 Å². The van der Waals surface area contributed by atoms with Crippen molar-refractivity contribution in [1.29, 1.82) is 0 Å². The third-order valence-electron chi connectivity index (χ3n) is 3.06. The summed E-state index contributed by atoms with van der Waals surface area (Å²) in [6.45, 7) is 4.37. The van der Waals surface area contributed by atoms with Crippen LogP contribution >= 0.6 is 11.6 Å². The summed E-state index contributed by atoms with van der Waals surface area (Å²) >= 11 is 6.17. The van der Waals surface area contributed by atoms with Gasteiger partial charge in [-0.3, -0.25) is 4.98 Å². The molecule has 2 rings (SSSR count). The topological polar surface area (TPSA) is 24.9 Å². The van der Waals surface area contributed by atoms with E-state index in [4.69, 9.17) is 11.6 Å². The largest absolute Gasteiger partial charge is 0.381 e. The Morgan fingerprint density at radius 2 is 2.00 bits per heavy atom. The van der Waals surface area contributed by atoms with Crippen molar-refractivity contribution in [2.45, 2.75) is 32.7 Å². The van der Waals surface area contributed by atoms with Crippen molar-refractivity contribution in [2.75, 3.05) is 5.32 Å². The Balaban J connectivity index is 2.44. The Labute approximate surface area is 107 Å². The van der Waals surface area contributed by atoms with Crippen molar-refractivity contribution in [1.82, 2.24) is 4.98 Å². The molecule has 0 atom stereocenters. The van der Waals surface area contributed by atoms with Gasteiger partial charge in [-0.1, -0.05) is 25.4 Å². The van der Waals surface area contributed by atoms with Crippen LogP contribution in [0, 0.1) is 0 Å². The number of pyridine rings is 1. The summed E-state index contributed by atoms with van der Waals surface area (Å²) in [4.78, 5) is 4.42. The SMILES string of the molecule is CCC(CC)Nc1ccc(Cl)c2cccnc12. The van der Waals surface area contributed by atoms with Gasteiger partial charge >= 0.3 is 0 Å². The van der Waals surface area contributed by atoms with E-state index < -0.39 is 0 Å². The lowest BCUT2D eigenvalue weighted by Crippen LogP contribution is -2.17. The molecule has 2 aromatic rings. The lowest BCUT2D eigenvalue weighted by molar-refractivity contribution is 0.672. The van der Waals surface area contributed by atoms with E-state index in [0.29, 0.717) is 6.04 Å². The van der Waals surface area contributed by atoms with Crippen LogP contribution in [0.2, 0.25) is 5.02 Å². The van der Waals surface area contributed by atoms with Gasteiger partial charge in [0, 0.05) is 17.6 Å². The minimum Gasteiger partial charge on any atom is -0.381 e. The molecule has 3 heteroatoms. The Morgan fingerprint density at radius 1 is 1.24 bits per heavy atom. The maximum atomic E-state index is 6.17. The molecule has 0 aliphatic carbocycles. The van der Waals surface area contributed by atoms with Gasteiger partial charge in [0.15, 0.2) is 0 Å². The van der Waals surface area contributed by atoms with Crippen molar-refractivity contribution in [2.24, 2.45) is 0 Å². The second-order valence-electron chi connectivity index (χ2n) is 4.15. The molecule has 0 aliphatic heterocycles. The molecule has 0 saturated carbocycles. The fraction of sp³-hybridized carbons (Fsp3) is 0.357. The number of anilines is 1. The van der Waals surface area contributed by atoms with E-state index in [9.17, 15) is 0 Å². The number of fused-ring (bicyclic) bond motifs is 1. The predicted molar refractivity (Wildman–Crippen MR) is 74.7 cm³/mol. The standard InChI is InChI=1S/C14H17ClN2/c1-3-10(4-2)17-13-8-7-12(15)11-6-5-9-16-14(11)13/h5-10,17H,3-4H2,1-2H3. The van der Waals surface area contributed by atoms with Crippen molar-refractivity contribution in [3.63, 3.8) is 0 Å². The van der Waals surface area contributed by atoms with Crippen LogP contribution in [0.3, 0.4) is 0 Å². The van der Waals surface area contributed by atoms with Crippen LogP contribution in [0.5, 0.6) is 0 Å². The van der Waals surface area contributed by atoms with Gasteiger partial charge < -0.3 is 5.32 Å². The highest BCUT2D eigenvalue weighted by molar-refractivity contribution is 6.35. The Kier molecular flexibility index (Phi) is 3.85. The summed E-state index contributed by atoms with van der Waals surface area (Å²) in [5, 5.41) is 5.29. The van der Waals surface area contributed by atoms with E-state index in [-0.39, 0.29) is 0 Å². The molecule has 0 saturated heterocycles. The summed E-state index contributed by atoms with van der Waals surface area (Å²) in [6.07, 6.45) is 4.01. The number of rotatable bonds is 4. The Morgan fingerprint density at radius 3 is 2.71 bits per heavy atom.